The van der Waals surface area contributed by atoms with Gasteiger partial charge in [0.15, 0.2) is 5.82 Å². The van der Waals surface area contributed by atoms with Crippen LogP contribution in [0.4, 0.5) is 5.95 Å². The summed E-state index contributed by atoms with van der Waals surface area (Å²) in [5.74, 6) is 1.11. The fraction of sp³-hybridized carbons (Fsp3) is 0.357. The zero-order valence-corrected chi connectivity index (χ0v) is 25.7. The number of nitrogens with one attached hydrogen (secondary N) is 1. The molecule has 0 radical (unpaired) electrons. The fourth-order valence-corrected chi connectivity index (χ4v) is 5.32. The highest BCUT2D eigenvalue weighted by atomic mass is 35.5. The van der Waals surface area contributed by atoms with Crippen molar-refractivity contribution in [1.29, 1.82) is 0 Å². The van der Waals surface area contributed by atoms with Crippen LogP contribution in [-0.2, 0) is 14.8 Å². The number of ether oxygens (including phenoxy) is 3. The zero-order chi connectivity index (χ0) is 30.3. The molecule has 1 aromatic carbocycles. The van der Waals surface area contributed by atoms with Crippen molar-refractivity contribution in [2.75, 3.05) is 18.9 Å². The molecule has 0 saturated heterocycles. The number of para-hydroxylation sites is 1. The van der Waals surface area contributed by atoms with Crippen molar-refractivity contribution in [3.8, 4) is 17.2 Å². The molecule has 11 nitrogen and oxygen atoms in total. The standard InChI is InChI=1S/C28H35ClN6O5S/c1-17(2)40-26(22-13-12-21(29)16-31-22)20(5)41(36,37)34-28-33-32-27(19(4)14-18(3)15-30-6)35(28)25-23(38-7)10-9-11-24(25)39-8/h9-17,20,26H,6H2,1-5,7-8H3,(H,33,34)/b18-15-,19-14+/t20-,26+/m0/s1. The van der Waals surface area contributed by atoms with E-state index in [1.165, 1.54) is 20.4 Å². The Balaban J connectivity index is 2.19. The number of allylic oxidation sites excluding steroid dienone is 3. The van der Waals surface area contributed by atoms with Crippen molar-refractivity contribution in [2.45, 2.75) is 52.1 Å². The number of anilines is 1. The number of aromatic nitrogens is 4. The van der Waals surface area contributed by atoms with Crippen LogP contribution < -0.4 is 14.2 Å². The van der Waals surface area contributed by atoms with Crippen LogP contribution in [0.2, 0.25) is 5.02 Å². The minimum Gasteiger partial charge on any atom is -0.494 e. The lowest BCUT2D eigenvalue weighted by Gasteiger charge is -2.26. The summed E-state index contributed by atoms with van der Waals surface area (Å²) in [5.41, 5.74) is 2.31. The van der Waals surface area contributed by atoms with E-state index in [1.54, 1.807) is 48.0 Å². The molecule has 0 bridgehead atoms. The second kappa shape index (κ2) is 13.7. The predicted molar refractivity (Wildman–Crippen MR) is 162 cm³/mol. The smallest absolute Gasteiger partial charge is 0.243 e. The number of nitrogens with zero attached hydrogens (tertiary/aromatic N) is 5. The molecular formula is C28H35ClN6O5S. The van der Waals surface area contributed by atoms with Gasteiger partial charge < -0.3 is 14.2 Å². The van der Waals surface area contributed by atoms with E-state index in [9.17, 15) is 8.42 Å². The number of benzene rings is 1. The molecule has 3 aromatic rings. The van der Waals surface area contributed by atoms with E-state index < -0.39 is 21.4 Å². The quantitative estimate of drug-likeness (QED) is 0.197. The summed E-state index contributed by atoms with van der Waals surface area (Å²) in [5, 5.41) is 7.90. The highest BCUT2D eigenvalue weighted by Gasteiger charge is 2.35. The van der Waals surface area contributed by atoms with Crippen molar-refractivity contribution in [2.24, 2.45) is 4.99 Å². The van der Waals surface area contributed by atoms with Crippen LogP contribution in [0.5, 0.6) is 11.5 Å². The molecule has 41 heavy (non-hydrogen) atoms. The van der Waals surface area contributed by atoms with Gasteiger partial charge in [-0.2, -0.15) is 0 Å². The maximum atomic E-state index is 13.9. The first kappa shape index (κ1) is 31.8. The van der Waals surface area contributed by atoms with E-state index in [-0.39, 0.29) is 12.1 Å². The molecule has 0 saturated carbocycles. The van der Waals surface area contributed by atoms with E-state index in [2.05, 4.69) is 31.6 Å². The van der Waals surface area contributed by atoms with Crippen molar-refractivity contribution >= 4 is 39.9 Å². The van der Waals surface area contributed by atoms with E-state index in [0.717, 1.165) is 5.57 Å². The Bertz CT molecular complexity index is 1510. The Labute approximate surface area is 246 Å². The summed E-state index contributed by atoms with van der Waals surface area (Å²) >= 11 is 6.01. The van der Waals surface area contributed by atoms with Crippen LogP contribution in [0.15, 0.2) is 59.4 Å². The Morgan fingerprint density at radius 3 is 2.29 bits per heavy atom. The SMILES string of the molecule is C=N/C=C(C)\C=C(/C)c1nnc(NS(=O)(=O)[C@@H](C)[C@@H](OC(C)C)c2ccc(Cl)cn2)n1-c1c(OC)cccc1OC. The van der Waals surface area contributed by atoms with Gasteiger partial charge in [-0.3, -0.25) is 19.3 Å². The molecule has 0 amide bonds. The summed E-state index contributed by atoms with van der Waals surface area (Å²) < 4.78 is 49.2. The molecule has 0 spiro atoms. The Morgan fingerprint density at radius 1 is 1.10 bits per heavy atom. The topological polar surface area (TPSA) is 130 Å². The van der Waals surface area contributed by atoms with E-state index in [0.29, 0.717) is 39.3 Å². The lowest BCUT2D eigenvalue weighted by molar-refractivity contribution is 0.00417. The van der Waals surface area contributed by atoms with Gasteiger partial charge in [-0.15, -0.1) is 10.2 Å². The number of halogens is 1. The molecule has 220 valence electrons. The first-order chi connectivity index (χ1) is 19.4. The first-order valence-corrected chi connectivity index (χ1v) is 14.6. The molecule has 0 aliphatic heterocycles. The molecule has 1 N–H and O–H groups in total. The van der Waals surface area contributed by atoms with Gasteiger partial charge in [-0.1, -0.05) is 23.7 Å². The minimum atomic E-state index is -4.14. The minimum absolute atomic E-state index is 0.0711. The van der Waals surface area contributed by atoms with Gasteiger partial charge in [0.05, 0.1) is 31.0 Å². The van der Waals surface area contributed by atoms with Crippen LogP contribution in [0.3, 0.4) is 0 Å². The monoisotopic (exact) mass is 602 g/mol. The maximum absolute atomic E-state index is 13.9. The molecule has 13 heteroatoms. The van der Waals surface area contributed by atoms with Crippen molar-refractivity contribution in [1.82, 2.24) is 19.7 Å². The van der Waals surface area contributed by atoms with Gasteiger partial charge in [-0.25, -0.2) is 8.42 Å². The number of rotatable bonds is 13. The van der Waals surface area contributed by atoms with Crippen molar-refractivity contribution < 1.29 is 22.6 Å². The highest BCUT2D eigenvalue weighted by Crippen LogP contribution is 2.37. The van der Waals surface area contributed by atoms with Crippen LogP contribution in [-0.4, -0.2) is 60.5 Å². The molecule has 0 unspecified atom stereocenters. The average molecular weight is 603 g/mol. The molecule has 0 aliphatic carbocycles. The third-order valence-electron chi connectivity index (χ3n) is 5.99. The summed E-state index contributed by atoms with van der Waals surface area (Å²) in [7, 11) is -1.12. The molecule has 2 heterocycles. The maximum Gasteiger partial charge on any atom is 0.243 e. The number of methoxy groups -OCH3 is 2. The lowest BCUT2D eigenvalue weighted by atomic mass is 10.1. The molecule has 2 aromatic heterocycles. The second-order valence-electron chi connectivity index (χ2n) is 9.44. The van der Waals surface area contributed by atoms with Gasteiger partial charge in [0.2, 0.25) is 16.0 Å². The molecule has 0 fully saturated rings. The van der Waals surface area contributed by atoms with Crippen molar-refractivity contribution in [3.05, 3.63) is 70.9 Å². The Morgan fingerprint density at radius 2 is 1.76 bits per heavy atom. The predicted octanol–water partition coefficient (Wildman–Crippen LogP) is 5.64. The molecule has 0 aliphatic rings. The van der Waals surface area contributed by atoms with Gasteiger partial charge in [0.25, 0.3) is 0 Å². The normalized spacial score (nSPS) is 14.1. The van der Waals surface area contributed by atoms with E-state index in [1.807, 2.05) is 33.8 Å². The zero-order valence-electron chi connectivity index (χ0n) is 24.1. The average Bonchev–Trinajstić information content (AvgIpc) is 3.33. The molecular weight excluding hydrogens is 568 g/mol. The fourth-order valence-electron chi connectivity index (χ4n) is 4.11. The number of pyridine rings is 1. The third-order valence-corrected chi connectivity index (χ3v) is 7.91. The van der Waals surface area contributed by atoms with Crippen LogP contribution in [0.1, 0.15) is 52.2 Å². The van der Waals surface area contributed by atoms with Gasteiger partial charge in [0, 0.05) is 12.4 Å². The Kier molecular flexibility index (Phi) is 10.7. The Hall–Kier alpha value is -3.74. The van der Waals surface area contributed by atoms with Gasteiger partial charge >= 0.3 is 0 Å². The lowest BCUT2D eigenvalue weighted by Crippen LogP contribution is -2.34. The summed E-state index contributed by atoms with van der Waals surface area (Å²) in [6.07, 6.45) is 3.69. The first-order valence-electron chi connectivity index (χ1n) is 12.7. The van der Waals surface area contributed by atoms with Crippen LogP contribution in [0, 0.1) is 0 Å². The number of hydrogen-bond donors (Lipinski definition) is 1. The largest absolute Gasteiger partial charge is 0.494 e. The van der Waals surface area contributed by atoms with E-state index in [4.69, 9.17) is 25.8 Å². The van der Waals surface area contributed by atoms with Gasteiger partial charge in [-0.05, 0) is 76.7 Å². The summed E-state index contributed by atoms with van der Waals surface area (Å²) in [6.45, 7) is 12.3. The number of hydrogen-bond acceptors (Lipinski definition) is 9. The van der Waals surface area contributed by atoms with Crippen LogP contribution in [0.25, 0.3) is 11.3 Å². The van der Waals surface area contributed by atoms with Crippen molar-refractivity contribution in [3.63, 3.8) is 0 Å². The second-order valence-corrected chi connectivity index (χ2v) is 11.9. The van der Waals surface area contributed by atoms with E-state index >= 15 is 0 Å². The summed E-state index contributed by atoms with van der Waals surface area (Å²) in [4.78, 5) is 8.12. The van der Waals surface area contributed by atoms with Crippen LogP contribution >= 0.6 is 11.6 Å². The highest BCUT2D eigenvalue weighted by molar-refractivity contribution is 7.93. The summed E-state index contributed by atoms with van der Waals surface area (Å²) in [6, 6.07) is 8.50. The number of aliphatic imine (C=N–C) groups is 1. The third kappa shape index (κ3) is 7.51. The molecule has 2 atom stereocenters. The molecule has 3 rings (SSSR count). The van der Waals surface area contributed by atoms with Gasteiger partial charge in [0.1, 0.15) is 28.5 Å². The number of sulfonamides is 1.